The summed E-state index contributed by atoms with van der Waals surface area (Å²) in [4.78, 5) is 0. The smallest absolute Gasteiger partial charge is 0.126 e. The molecule has 0 amide bonds. The summed E-state index contributed by atoms with van der Waals surface area (Å²) >= 11 is 0. The highest BCUT2D eigenvalue weighted by molar-refractivity contribution is 5.26. The number of rotatable bonds is 3. The van der Waals surface area contributed by atoms with Gasteiger partial charge in [0.2, 0.25) is 0 Å². The van der Waals surface area contributed by atoms with Gasteiger partial charge in [0.25, 0.3) is 0 Å². The van der Waals surface area contributed by atoms with Crippen LogP contribution in [0.2, 0.25) is 0 Å². The van der Waals surface area contributed by atoms with Crippen LogP contribution >= 0.6 is 0 Å². The van der Waals surface area contributed by atoms with E-state index in [1.165, 1.54) is 6.07 Å². The van der Waals surface area contributed by atoms with Gasteiger partial charge in [0, 0.05) is 5.92 Å². The van der Waals surface area contributed by atoms with Crippen LogP contribution in [0.3, 0.4) is 0 Å². The van der Waals surface area contributed by atoms with E-state index in [0.29, 0.717) is 11.1 Å². The van der Waals surface area contributed by atoms with Gasteiger partial charge < -0.3 is 10.2 Å². The van der Waals surface area contributed by atoms with Crippen molar-refractivity contribution < 1.29 is 14.6 Å². The SMILES string of the molecule is Cc1ccc([C@@H](C)[C@H](O)CO)cc1F. The molecule has 3 heteroatoms. The molecule has 2 atom stereocenters. The zero-order valence-corrected chi connectivity index (χ0v) is 8.37. The van der Waals surface area contributed by atoms with Crippen molar-refractivity contribution in [2.45, 2.75) is 25.9 Å². The number of benzene rings is 1. The van der Waals surface area contributed by atoms with Crippen LogP contribution in [0.1, 0.15) is 24.0 Å². The van der Waals surface area contributed by atoms with Crippen LogP contribution < -0.4 is 0 Å². The van der Waals surface area contributed by atoms with Crippen molar-refractivity contribution in [2.24, 2.45) is 0 Å². The standard InChI is InChI=1S/C11H15FO2/c1-7-3-4-9(5-10(7)12)8(2)11(14)6-13/h3-5,8,11,13-14H,6H2,1-2H3/t8-,11-/m1/s1. The lowest BCUT2D eigenvalue weighted by molar-refractivity contribution is 0.0771. The first kappa shape index (κ1) is 11.1. The van der Waals surface area contributed by atoms with E-state index in [0.717, 1.165) is 0 Å². The maximum absolute atomic E-state index is 13.2. The second-order valence-electron chi connectivity index (χ2n) is 3.55. The molecule has 0 saturated heterocycles. The second-order valence-corrected chi connectivity index (χ2v) is 3.55. The zero-order valence-electron chi connectivity index (χ0n) is 8.37. The minimum Gasteiger partial charge on any atom is -0.394 e. The number of hydrogen-bond acceptors (Lipinski definition) is 2. The highest BCUT2D eigenvalue weighted by atomic mass is 19.1. The van der Waals surface area contributed by atoms with Crippen LogP contribution in [0.25, 0.3) is 0 Å². The molecule has 1 aromatic carbocycles. The van der Waals surface area contributed by atoms with Crippen LogP contribution in [0.5, 0.6) is 0 Å². The Morgan fingerprint density at radius 3 is 2.57 bits per heavy atom. The molecule has 0 unspecified atom stereocenters. The van der Waals surface area contributed by atoms with Crippen molar-refractivity contribution in [1.29, 1.82) is 0 Å². The molecule has 0 aliphatic carbocycles. The fourth-order valence-electron chi connectivity index (χ4n) is 1.27. The van der Waals surface area contributed by atoms with Crippen LogP contribution in [-0.4, -0.2) is 22.9 Å². The summed E-state index contributed by atoms with van der Waals surface area (Å²) in [6.45, 7) is 3.13. The zero-order chi connectivity index (χ0) is 10.7. The van der Waals surface area contributed by atoms with Gasteiger partial charge in [0.1, 0.15) is 5.82 Å². The summed E-state index contributed by atoms with van der Waals surface area (Å²) in [5.41, 5.74) is 1.29. The molecular weight excluding hydrogens is 183 g/mol. The lowest BCUT2D eigenvalue weighted by atomic mass is 9.95. The summed E-state index contributed by atoms with van der Waals surface area (Å²) in [5, 5.41) is 18.1. The van der Waals surface area contributed by atoms with Crippen LogP contribution in [-0.2, 0) is 0 Å². The van der Waals surface area contributed by atoms with E-state index in [2.05, 4.69) is 0 Å². The van der Waals surface area contributed by atoms with Gasteiger partial charge in [-0.1, -0.05) is 19.1 Å². The highest BCUT2D eigenvalue weighted by Crippen LogP contribution is 2.21. The average Bonchev–Trinajstić information content (AvgIpc) is 2.20. The molecule has 2 N–H and O–H groups in total. The molecule has 14 heavy (non-hydrogen) atoms. The van der Waals surface area contributed by atoms with E-state index in [1.807, 2.05) is 0 Å². The van der Waals surface area contributed by atoms with E-state index in [1.54, 1.807) is 26.0 Å². The van der Waals surface area contributed by atoms with Gasteiger partial charge in [0.05, 0.1) is 12.7 Å². The maximum atomic E-state index is 13.2. The molecule has 0 aliphatic rings. The van der Waals surface area contributed by atoms with Crippen LogP contribution in [0.4, 0.5) is 4.39 Å². The molecule has 0 aromatic heterocycles. The Hall–Kier alpha value is -0.930. The molecule has 1 rings (SSSR count). The minimum atomic E-state index is -0.836. The third kappa shape index (κ3) is 2.30. The van der Waals surface area contributed by atoms with Crippen molar-refractivity contribution in [3.8, 4) is 0 Å². The quantitative estimate of drug-likeness (QED) is 0.774. The van der Waals surface area contributed by atoms with Crippen molar-refractivity contribution >= 4 is 0 Å². The average molecular weight is 198 g/mol. The molecule has 2 nitrogen and oxygen atoms in total. The summed E-state index contributed by atoms with van der Waals surface area (Å²) in [7, 11) is 0. The first-order valence-corrected chi connectivity index (χ1v) is 4.61. The third-order valence-corrected chi connectivity index (χ3v) is 2.49. The van der Waals surface area contributed by atoms with Crippen molar-refractivity contribution in [2.75, 3.05) is 6.61 Å². The van der Waals surface area contributed by atoms with Gasteiger partial charge in [-0.15, -0.1) is 0 Å². The molecular formula is C11H15FO2. The Bertz CT molecular complexity index is 312. The molecule has 0 fully saturated rings. The fraction of sp³-hybridized carbons (Fsp3) is 0.455. The molecule has 0 aliphatic heterocycles. The summed E-state index contributed by atoms with van der Waals surface area (Å²) in [6, 6.07) is 4.84. The predicted molar refractivity (Wildman–Crippen MR) is 52.6 cm³/mol. The predicted octanol–water partition coefficient (Wildman–Crippen LogP) is 1.59. The van der Waals surface area contributed by atoms with Gasteiger partial charge in [0.15, 0.2) is 0 Å². The summed E-state index contributed by atoms with van der Waals surface area (Å²) in [5.74, 6) is -0.533. The van der Waals surface area contributed by atoms with Crippen molar-refractivity contribution in [1.82, 2.24) is 0 Å². The van der Waals surface area contributed by atoms with E-state index < -0.39 is 6.10 Å². The monoisotopic (exact) mass is 198 g/mol. The van der Waals surface area contributed by atoms with Crippen molar-refractivity contribution in [3.05, 3.63) is 35.1 Å². The molecule has 0 spiro atoms. The molecule has 1 aromatic rings. The van der Waals surface area contributed by atoms with Gasteiger partial charge in [-0.3, -0.25) is 0 Å². The number of aryl methyl sites for hydroxylation is 1. The van der Waals surface area contributed by atoms with Crippen molar-refractivity contribution in [3.63, 3.8) is 0 Å². The normalized spacial score (nSPS) is 15.2. The Balaban J connectivity index is 2.91. The first-order valence-electron chi connectivity index (χ1n) is 4.61. The summed E-state index contributed by atoms with van der Waals surface area (Å²) < 4.78 is 13.2. The third-order valence-electron chi connectivity index (χ3n) is 2.49. The lowest BCUT2D eigenvalue weighted by Gasteiger charge is -2.17. The fourth-order valence-corrected chi connectivity index (χ4v) is 1.27. The second kappa shape index (κ2) is 4.53. The van der Waals surface area contributed by atoms with E-state index >= 15 is 0 Å². The maximum Gasteiger partial charge on any atom is 0.126 e. The largest absolute Gasteiger partial charge is 0.394 e. The van der Waals surface area contributed by atoms with E-state index in [-0.39, 0.29) is 18.3 Å². The molecule has 78 valence electrons. The Kier molecular flexibility index (Phi) is 3.61. The lowest BCUT2D eigenvalue weighted by Crippen LogP contribution is -2.20. The van der Waals surface area contributed by atoms with Gasteiger partial charge in [-0.05, 0) is 24.1 Å². The number of aliphatic hydroxyl groups is 2. The van der Waals surface area contributed by atoms with Crippen LogP contribution in [0, 0.1) is 12.7 Å². The summed E-state index contributed by atoms with van der Waals surface area (Å²) in [6.07, 6.45) is -0.836. The minimum absolute atomic E-state index is 0.255. The Morgan fingerprint density at radius 2 is 2.07 bits per heavy atom. The first-order chi connectivity index (χ1) is 6.56. The number of halogens is 1. The van der Waals surface area contributed by atoms with Gasteiger partial charge in [-0.2, -0.15) is 0 Å². The topological polar surface area (TPSA) is 40.5 Å². The Morgan fingerprint density at radius 1 is 1.43 bits per heavy atom. The molecule has 0 radical (unpaired) electrons. The highest BCUT2D eigenvalue weighted by Gasteiger charge is 2.15. The Labute approximate surface area is 83.0 Å². The van der Waals surface area contributed by atoms with Gasteiger partial charge >= 0.3 is 0 Å². The van der Waals surface area contributed by atoms with E-state index in [4.69, 9.17) is 5.11 Å². The molecule has 0 heterocycles. The molecule has 0 bridgehead atoms. The number of hydrogen-bond donors (Lipinski definition) is 2. The van der Waals surface area contributed by atoms with Crippen LogP contribution in [0.15, 0.2) is 18.2 Å². The molecule has 0 saturated carbocycles. The number of aliphatic hydroxyl groups excluding tert-OH is 2. The van der Waals surface area contributed by atoms with Gasteiger partial charge in [-0.25, -0.2) is 4.39 Å². The van der Waals surface area contributed by atoms with E-state index in [9.17, 15) is 9.50 Å².